The molecule has 1 aliphatic rings. The predicted octanol–water partition coefficient (Wildman–Crippen LogP) is 2.62. The van der Waals surface area contributed by atoms with Gasteiger partial charge in [-0.15, -0.1) is 0 Å². The molecule has 0 spiro atoms. The smallest absolute Gasteiger partial charge is 0.267 e. The summed E-state index contributed by atoms with van der Waals surface area (Å²) >= 11 is 0. The van der Waals surface area contributed by atoms with E-state index < -0.39 is 0 Å². The second-order valence-electron chi connectivity index (χ2n) is 7.11. The van der Waals surface area contributed by atoms with Crippen LogP contribution < -0.4 is 5.32 Å². The van der Waals surface area contributed by atoms with Crippen molar-refractivity contribution in [3.8, 4) is 5.69 Å². The molecule has 1 unspecified atom stereocenters. The second-order valence-corrected chi connectivity index (χ2v) is 7.11. The van der Waals surface area contributed by atoms with Gasteiger partial charge >= 0.3 is 0 Å². The maximum Gasteiger partial charge on any atom is 0.267 e. The molecule has 1 N–H and O–H groups in total. The third-order valence-electron chi connectivity index (χ3n) is 4.97. The SMILES string of the molecule is CC(NC(=O)C1=NN(Cc2ccccc2)C(=O)CC1)c1ccc(-n2cncn2)cc1. The van der Waals surface area contributed by atoms with Crippen molar-refractivity contribution in [3.05, 3.63) is 78.4 Å². The van der Waals surface area contributed by atoms with Gasteiger partial charge in [0.25, 0.3) is 5.91 Å². The Morgan fingerprint density at radius 2 is 1.87 bits per heavy atom. The molecule has 2 aromatic carbocycles. The molecule has 1 atom stereocenters. The van der Waals surface area contributed by atoms with Crippen LogP contribution in [0.25, 0.3) is 5.69 Å². The summed E-state index contributed by atoms with van der Waals surface area (Å²) in [6, 6.07) is 17.1. The van der Waals surface area contributed by atoms with E-state index in [1.54, 1.807) is 11.0 Å². The summed E-state index contributed by atoms with van der Waals surface area (Å²) in [5, 5.41) is 12.8. The minimum atomic E-state index is -0.256. The third-order valence-corrected chi connectivity index (χ3v) is 4.97. The lowest BCUT2D eigenvalue weighted by Crippen LogP contribution is -2.39. The molecule has 0 saturated heterocycles. The van der Waals surface area contributed by atoms with E-state index in [0.717, 1.165) is 16.8 Å². The lowest BCUT2D eigenvalue weighted by atomic mass is 10.1. The van der Waals surface area contributed by atoms with Crippen LogP contribution in [0.15, 0.2) is 72.4 Å². The lowest BCUT2D eigenvalue weighted by molar-refractivity contribution is -0.132. The Balaban J connectivity index is 1.42. The summed E-state index contributed by atoms with van der Waals surface area (Å²) in [5.41, 5.74) is 3.19. The Morgan fingerprint density at radius 3 is 2.57 bits per heavy atom. The fraction of sp³-hybridized carbons (Fsp3) is 0.227. The van der Waals surface area contributed by atoms with Gasteiger partial charge in [-0.3, -0.25) is 9.59 Å². The lowest BCUT2D eigenvalue weighted by Gasteiger charge is -2.24. The van der Waals surface area contributed by atoms with Gasteiger partial charge in [0.05, 0.1) is 18.3 Å². The van der Waals surface area contributed by atoms with Crippen molar-refractivity contribution < 1.29 is 9.59 Å². The van der Waals surface area contributed by atoms with E-state index in [-0.39, 0.29) is 24.3 Å². The Morgan fingerprint density at radius 1 is 1.10 bits per heavy atom. The highest BCUT2D eigenvalue weighted by Gasteiger charge is 2.25. The van der Waals surface area contributed by atoms with E-state index in [2.05, 4.69) is 20.5 Å². The first kappa shape index (κ1) is 19.5. The number of nitrogens with one attached hydrogen (secondary N) is 1. The minimum Gasteiger partial charge on any atom is -0.344 e. The first-order chi connectivity index (χ1) is 14.6. The summed E-state index contributed by atoms with van der Waals surface area (Å²) in [7, 11) is 0. The van der Waals surface area contributed by atoms with E-state index in [4.69, 9.17) is 0 Å². The van der Waals surface area contributed by atoms with Crippen molar-refractivity contribution in [3.63, 3.8) is 0 Å². The summed E-state index contributed by atoms with van der Waals surface area (Å²) in [4.78, 5) is 28.9. The number of carbonyl (C=O) groups excluding carboxylic acids is 2. The van der Waals surface area contributed by atoms with E-state index in [1.807, 2.05) is 61.5 Å². The number of rotatable bonds is 6. The van der Waals surface area contributed by atoms with Crippen molar-refractivity contribution in [1.82, 2.24) is 25.1 Å². The Kier molecular flexibility index (Phi) is 5.65. The van der Waals surface area contributed by atoms with Crippen LogP contribution in [0.3, 0.4) is 0 Å². The van der Waals surface area contributed by atoms with Crippen molar-refractivity contribution in [2.45, 2.75) is 32.4 Å². The van der Waals surface area contributed by atoms with Crippen LogP contribution in [0.5, 0.6) is 0 Å². The molecule has 4 rings (SSSR count). The molecule has 0 fully saturated rings. The molecular formula is C22H22N6O2. The van der Waals surface area contributed by atoms with Crippen LogP contribution in [-0.4, -0.2) is 37.3 Å². The number of benzene rings is 2. The quantitative estimate of drug-likeness (QED) is 0.686. The maximum absolute atomic E-state index is 12.7. The molecule has 8 nitrogen and oxygen atoms in total. The largest absolute Gasteiger partial charge is 0.344 e. The average molecular weight is 402 g/mol. The van der Waals surface area contributed by atoms with Gasteiger partial charge < -0.3 is 5.32 Å². The zero-order valence-corrected chi connectivity index (χ0v) is 16.6. The topological polar surface area (TPSA) is 92.5 Å². The Labute approximate surface area is 174 Å². The highest BCUT2D eigenvalue weighted by Crippen LogP contribution is 2.17. The second kappa shape index (κ2) is 8.69. The Hall–Kier alpha value is -3.81. The highest BCUT2D eigenvalue weighted by atomic mass is 16.2. The van der Waals surface area contributed by atoms with Crippen LogP contribution in [0.4, 0.5) is 0 Å². The van der Waals surface area contributed by atoms with Crippen LogP contribution in [0.2, 0.25) is 0 Å². The fourth-order valence-electron chi connectivity index (χ4n) is 3.27. The molecule has 152 valence electrons. The van der Waals surface area contributed by atoms with Gasteiger partial charge in [0.1, 0.15) is 18.4 Å². The first-order valence-corrected chi connectivity index (χ1v) is 9.78. The molecular weight excluding hydrogens is 380 g/mol. The van der Waals surface area contributed by atoms with Gasteiger partial charge in [-0.1, -0.05) is 42.5 Å². The van der Waals surface area contributed by atoms with Crippen LogP contribution in [-0.2, 0) is 16.1 Å². The standard InChI is InChI=1S/C22H22N6O2/c1-16(18-7-9-19(10-8-18)28-15-23-14-24-28)25-22(30)20-11-12-21(29)27(26-20)13-17-5-3-2-4-6-17/h2-10,14-16H,11-13H2,1H3,(H,25,30). The molecule has 0 saturated carbocycles. The van der Waals surface area contributed by atoms with E-state index in [1.165, 1.54) is 11.3 Å². The molecule has 2 heterocycles. The maximum atomic E-state index is 12.7. The molecule has 0 bridgehead atoms. The highest BCUT2D eigenvalue weighted by molar-refractivity contribution is 6.39. The summed E-state index contributed by atoms with van der Waals surface area (Å²) < 4.78 is 1.67. The molecule has 0 aliphatic carbocycles. The van der Waals surface area contributed by atoms with E-state index >= 15 is 0 Å². The number of nitrogens with zero attached hydrogens (tertiary/aromatic N) is 5. The molecule has 1 aromatic heterocycles. The number of carbonyl (C=O) groups is 2. The zero-order valence-electron chi connectivity index (χ0n) is 16.6. The van der Waals surface area contributed by atoms with Crippen LogP contribution in [0.1, 0.15) is 36.9 Å². The summed E-state index contributed by atoms with van der Waals surface area (Å²) in [6.07, 6.45) is 3.73. The fourth-order valence-corrected chi connectivity index (χ4v) is 3.27. The predicted molar refractivity (Wildman–Crippen MR) is 112 cm³/mol. The summed E-state index contributed by atoms with van der Waals surface area (Å²) in [5.74, 6) is -0.333. The third kappa shape index (κ3) is 4.43. The zero-order chi connectivity index (χ0) is 20.9. The van der Waals surface area contributed by atoms with Crippen molar-refractivity contribution >= 4 is 17.5 Å². The van der Waals surface area contributed by atoms with Crippen LogP contribution in [0, 0.1) is 0 Å². The molecule has 0 radical (unpaired) electrons. The minimum absolute atomic E-state index is 0.0767. The van der Waals surface area contributed by atoms with E-state index in [9.17, 15) is 9.59 Å². The average Bonchev–Trinajstić information content (AvgIpc) is 3.31. The number of aromatic nitrogens is 3. The van der Waals surface area contributed by atoms with Crippen molar-refractivity contribution in [1.29, 1.82) is 0 Å². The van der Waals surface area contributed by atoms with Crippen molar-refractivity contribution in [2.24, 2.45) is 5.10 Å². The Bertz CT molecular complexity index is 1050. The van der Waals surface area contributed by atoms with Gasteiger partial charge in [0.15, 0.2) is 0 Å². The number of hydrogen-bond acceptors (Lipinski definition) is 5. The number of hydrogen-bond donors (Lipinski definition) is 1. The van der Waals surface area contributed by atoms with Crippen molar-refractivity contribution in [2.75, 3.05) is 0 Å². The van der Waals surface area contributed by atoms with Gasteiger partial charge in [-0.05, 0) is 30.2 Å². The molecule has 2 amide bonds. The monoisotopic (exact) mass is 402 g/mol. The number of hydrazone groups is 1. The van der Waals surface area contributed by atoms with Gasteiger partial charge in [0, 0.05) is 12.8 Å². The van der Waals surface area contributed by atoms with Gasteiger partial charge in [-0.2, -0.15) is 10.2 Å². The van der Waals surface area contributed by atoms with Crippen LogP contribution >= 0.6 is 0 Å². The molecule has 8 heteroatoms. The molecule has 30 heavy (non-hydrogen) atoms. The van der Waals surface area contributed by atoms with Gasteiger partial charge in [0.2, 0.25) is 5.91 Å². The molecule has 1 aliphatic heterocycles. The number of amides is 2. The molecule has 3 aromatic rings. The first-order valence-electron chi connectivity index (χ1n) is 9.78. The normalized spacial score (nSPS) is 14.9. The van der Waals surface area contributed by atoms with Gasteiger partial charge in [-0.25, -0.2) is 14.7 Å². The van der Waals surface area contributed by atoms with E-state index in [0.29, 0.717) is 18.7 Å². The summed E-state index contributed by atoms with van der Waals surface area (Å²) in [6.45, 7) is 2.27.